The van der Waals surface area contributed by atoms with E-state index in [0.29, 0.717) is 12.3 Å². The molecule has 1 aromatic rings. The third-order valence-electron chi connectivity index (χ3n) is 2.14. The van der Waals surface area contributed by atoms with Gasteiger partial charge >= 0.3 is 0 Å². The Balaban J connectivity index is 2.50. The maximum Gasteiger partial charge on any atom is 0.229 e. The highest BCUT2D eigenvalue weighted by Gasteiger charge is 2.14. The van der Waals surface area contributed by atoms with Crippen molar-refractivity contribution in [1.82, 2.24) is 10.1 Å². The molecular formula is C10H18N2O2. The van der Waals surface area contributed by atoms with Crippen LogP contribution >= 0.6 is 0 Å². The van der Waals surface area contributed by atoms with Crippen molar-refractivity contribution in [2.75, 3.05) is 0 Å². The van der Waals surface area contributed by atoms with Gasteiger partial charge < -0.3 is 9.63 Å². The van der Waals surface area contributed by atoms with E-state index in [1.807, 2.05) is 13.8 Å². The fourth-order valence-electron chi connectivity index (χ4n) is 1.11. The van der Waals surface area contributed by atoms with Gasteiger partial charge in [0.15, 0.2) is 5.82 Å². The Morgan fingerprint density at radius 1 is 1.43 bits per heavy atom. The average molecular weight is 198 g/mol. The predicted octanol–water partition coefficient (Wildman–Crippen LogP) is 1.58. The largest absolute Gasteiger partial charge is 0.392 e. The summed E-state index contributed by atoms with van der Waals surface area (Å²) in [6.45, 7) is 6.00. The van der Waals surface area contributed by atoms with Crippen LogP contribution in [-0.2, 0) is 12.8 Å². The summed E-state index contributed by atoms with van der Waals surface area (Å²) < 4.78 is 5.02. The van der Waals surface area contributed by atoms with Crippen molar-refractivity contribution < 1.29 is 9.63 Å². The van der Waals surface area contributed by atoms with Gasteiger partial charge in [-0.05, 0) is 12.3 Å². The topological polar surface area (TPSA) is 59.2 Å². The van der Waals surface area contributed by atoms with E-state index >= 15 is 0 Å². The second kappa shape index (κ2) is 5.10. The summed E-state index contributed by atoms with van der Waals surface area (Å²) in [5.41, 5.74) is 0. The van der Waals surface area contributed by atoms with Gasteiger partial charge in [-0.3, -0.25) is 0 Å². The molecule has 0 aliphatic rings. The molecule has 80 valence electrons. The molecule has 0 aromatic carbocycles. The van der Waals surface area contributed by atoms with Crippen LogP contribution in [-0.4, -0.2) is 21.4 Å². The summed E-state index contributed by atoms with van der Waals surface area (Å²) in [5, 5.41) is 13.4. The van der Waals surface area contributed by atoms with E-state index in [1.165, 1.54) is 0 Å². The highest BCUT2D eigenvalue weighted by molar-refractivity contribution is 4.88. The lowest BCUT2D eigenvalue weighted by atomic mass is 10.0. The third kappa shape index (κ3) is 3.10. The number of aliphatic hydroxyl groups is 1. The first-order chi connectivity index (χ1) is 6.63. The van der Waals surface area contributed by atoms with E-state index in [1.54, 1.807) is 0 Å². The second-order valence-electron chi connectivity index (χ2n) is 3.87. The molecule has 1 unspecified atom stereocenters. The Morgan fingerprint density at radius 3 is 2.71 bits per heavy atom. The van der Waals surface area contributed by atoms with Crippen molar-refractivity contribution in [2.45, 2.75) is 46.1 Å². The van der Waals surface area contributed by atoms with Gasteiger partial charge in [-0.15, -0.1) is 0 Å². The fraction of sp³-hybridized carbons (Fsp3) is 0.800. The van der Waals surface area contributed by atoms with Crippen LogP contribution in [0.25, 0.3) is 0 Å². The first-order valence-electron chi connectivity index (χ1n) is 5.13. The monoisotopic (exact) mass is 198 g/mol. The summed E-state index contributed by atoms with van der Waals surface area (Å²) in [7, 11) is 0. The van der Waals surface area contributed by atoms with Gasteiger partial charge in [0.25, 0.3) is 0 Å². The quantitative estimate of drug-likeness (QED) is 0.780. The maximum atomic E-state index is 9.59. The zero-order valence-corrected chi connectivity index (χ0v) is 9.03. The highest BCUT2D eigenvalue weighted by Crippen LogP contribution is 2.09. The standard InChI is InChI=1S/C10H18N2O2/c1-4-5-9-11-10(14-12-9)6-8(13)7(2)3/h7-8,13H,4-6H2,1-3H3. The molecule has 0 saturated carbocycles. The normalized spacial score (nSPS) is 13.5. The van der Waals surface area contributed by atoms with Gasteiger partial charge in [0.05, 0.1) is 12.5 Å². The van der Waals surface area contributed by atoms with Crippen molar-refractivity contribution in [1.29, 1.82) is 0 Å². The van der Waals surface area contributed by atoms with Gasteiger partial charge in [-0.1, -0.05) is 25.9 Å². The summed E-state index contributed by atoms with van der Waals surface area (Å²) in [4.78, 5) is 4.18. The molecule has 4 nitrogen and oxygen atoms in total. The van der Waals surface area contributed by atoms with Crippen LogP contribution in [0.3, 0.4) is 0 Å². The number of rotatable bonds is 5. The molecule has 4 heteroatoms. The smallest absolute Gasteiger partial charge is 0.229 e. The lowest BCUT2D eigenvalue weighted by Gasteiger charge is -2.10. The van der Waals surface area contributed by atoms with Crippen LogP contribution in [0, 0.1) is 5.92 Å². The van der Waals surface area contributed by atoms with Crippen LogP contribution in [0.2, 0.25) is 0 Å². The first-order valence-corrected chi connectivity index (χ1v) is 5.13. The van der Waals surface area contributed by atoms with Gasteiger partial charge in [-0.25, -0.2) is 0 Å². The minimum absolute atomic E-state index is 0.219. The van der Waals surface area contributed by atoms with Crippen LogP contribution in [0.15, 0.2) is 4.52 Å². The molecule has 0 radical (unpaired) electrons. The molecule has 0 amide bonds. The lowest BCUT2D eigenvalue weighted by Crippen LogP contribution is -2.17. The molecular weight excluding hydrogens is 180 g/mol. The first kappa shape index (κ1) is 11.2. The minimum Gasteiger partial charge on any atom is -0.392 e. The summed E-state index contributed by atoms with van der Waals surface area (Å²) in [6, 6.07) is 0. The predicted molar refractivity (Wildman–Crippen MR) is 52.8 cm³/mol. The molecule has 0 fully saturated rings. The summed E-state index contributed by atoms with van der Waals surface area (Å²) >= 11 is 0. The molecule has 1 N–H and O–H groups in total. The van der Waals surface area contributed by atoms with Gasteiger partial charge in [-0.2, -0.15) is 4.98 Å². The summed E-state index contributed by atoms with van der Waals surface area (Å²) in [5.74, 6) is 1.49. The molecule has 1 aromatic heterocycles. The summed E-state index contributed by atoms with van der Waals surface area (Å²) in [6.07, 6.45) is 1.89. The van der Waals surface area contributed by atoms with Crippen molar-refractivity contribution in [3.63, 3.8) is 0 Å². The van der Waals surface area contributed by atoms with Gasteiger partial charge in [0, 0.05) is 6.42 Å². The molecule has 0 aliphatic carbocycles. The number of aryl methyl sites for hydroxylation is 1. The van der Waals surface area contributed by atoms with E-state index in [0.717, 1.165) is 18.7 Å². The molecule has 0 spiro atoms. The molecule has 0 aliphatic heterocycles. The number of aliphatic hydroxyl groups excluding tert-OH is 1. The molecule has 1 atom stereocenters. The third-order valence-corrected chi connectivity index (χ3v) is 2.14. The van der Waals surface area contributed by atoms with E-state index in [2.05, 4.69) is 17.1 Å². The van der Waals surface area contributed by atoms with E-state index in [4.69, 9.17) is 4.52 Å². The van der Waals surface area contributed by atoms with Crippen LogP contribution in [0.4, 0.5) is 0 Å². The molecule has 0 saturated heterocycles. The number of nitrogens with zero attached hydrogens (tertiary/aromatic N) is 2. The van der Waals surface area contributed by atoms with Crippen LogP contribution in [0.5, 0.6) is 0 Å². The maximum absolute atomic E-state index is 9.59. The molecule has 14 heavy (non-hydrogen) atoms. The highest BCUT2D eigenvalue weighted by atomic mass is 16.5. The van der Waals surface area contributed by atoms with Crippen molar-refractivity contribution in [3.05, 3.63) is 11.7 Å². The zero-order valence-electron chi connectivity index (χ0n) is 9.03. The number of hydrogen-bond acceptors (Lipinski definition) is 4. The molecule has 1 rings (SSSR count). The van der Waals surface area contributed by atoms with Crippen molar-refractivity contribution >= 4 is 0 Å². The van der Waals surface area contributed by atoms with Crippen molar-refractivity contribution in [2.24, 2.45) is 5.92 Å². The molecule has 0 bridgehead atoms. The Kier molecular flexibility index (Phi) is 4.07. The Morgan fingerprint density at radius 2 is 2.14 bits per heavy atom. The van der Waals surface area contributed by atoms with E-state index < -0.39 is 6.10 Å². The molecule has 1 heterocycles. The van der Waals surface area contributed by atoms with Crippen LogP contribution < -0.4 is 0 Å². The Hall–Kier alpha value is -0.900. The Labute approximate surface area is 84.3 Å². The van der Waals surface area contributed by atoms with E-state index in [9.17, 15) is 5.11 Å². The van der Waals surface area contributed by atoms with Crippen molar-refractivity contribution in [3.8, 4) is 0 Å². The number of aromatic nitrogens is 2. The SMILES string of the molecule is CCCc1noc(CC(O)C(C)C)n1. The number of hydrogen-bond donors (Lipinski definition) is 1. The Bertz CT molecular complexity index is 271. The van der Waals surface area contributed by atoms with Gasteiger partial charge in [0.2, 0.25) is 5.89 Å². The fourth-order valence-corrected chi connectivity index (χ4v) is 1.11. The lowest BCUT2D eigenvalue weighted by molar-refractivity contribution is 0.116. The van der Waals surface area contributed by atoms with Gasteiger partial charge in [0.1, 0.15) is 0 Å². The van der Waals surface area contributed by atoms with E-state index in [-0.39, 0.29) is 5.92 Å². The zero-order chi connectivity index (χ0) is 10.6. The average Bonchev–Trinajstić information content (AvgIpc) is 2.53. The second-order valence-corrected chi connectivity index (χ2v) is 3.87. The minimum atomic E-state index is -0.398. The van der Waals surface area contributed by atoms with Crippen LogP contribution in [0.1, 0.15) is 38.9 Å².